The highest BCUT2D eigenvalue weighted by atomic mass is 16.5. The summed E-state index contributed by atoms with van der Waals surface area (Å²) in [6.07, 6.45) is 8.16. The summed E-state index contributed by atoms with van der Waals surface area (Å²) < 4.78 is 5.76. The molecule has 0 saturated carbocycles. The predicted octanol–water partition coefficient (Wildman–Crippen LogP) is 5.07. The van der Waals surface area contributed by atoms with E-state index in [2.05, 4.69) is 46.3 Å². The number of rotatable bonds is 8. The van der Waals surface area contributed by atoms with Crippen LogP contribution < -0.4 is 4.74 Å². The van der Waals surface area contributed by atoms with Crippen molar-refractivity contribution in [3.63, 3.8) is 0 Å². The zero-order chi connectivity index (χ0) is 21.3. The van der Waals surface area contributed by atoms with Crippen LogP contribution in [0.25, 0.3) is 0 Å². The fourth-order valence-electron chi connectivity index (χ4n) is 4.14. The van der Waals surface area contributed by atoms with Crippen molar-refractivity contribution in [2.45, 2.75) is 38.7 Å². The Morgan fingerprint density at radius 3 is 2.35 bits per heavy atom. The number of piperidine rings is 1. The zero-order valence-corrected chi connectivity index (χ0v) is 18.0. The van der Waals surface area contributed by atoms with Gasteiger partial charge in [0.05, 0.1) is 6.20 Å². The van der Waals surface area contributed by atoms with Crippen molar-refractivity contribution in [2.75, 3.05) is 13.1 Å². The number of amides is 1. The Labute approximate surface area is 184 Å². The second kappa shape index (κ2) is 10.8. The summed E-state index contributed by atoms with van der Waals surface area (Å²) >= 11 is 0. The monoisotopic (exact) mass is 414 g/mol. The highest BCUT2D eigenvalue weighted by molar-refractivity contribution is 5.76. The maximum absolute atomic E-state index is 12.5. The van der Waals surface area contributed by atoms with E-state index < -0.39 is 0 Å². The number of aryl methyl sites for hydroxylation is 1. The third kappa shape index (κ3) is 6.42. The molecule has 4 heteroatoms. The highest BCUT2D eigenvalue weighted by Crippen LogP contribution is 2.23. The maximum Gasteiger partial charge on any atom is 0.222 e. The molecule has 0 spiro atoms. The minimum atomic E-state index is 0.292. The van der Waals surface area contributed by atoms with E-state index in [0.717, 1.165) is 50.1 Å². The van der Waals surface area contributed by atoms with Gasteiger partial charge in [-0.3, -0.25) is 9.78 Å². The van der Waals surface area contributed by atoms with Gasteiger partial charge in [-0.2, -0.15) is 0 Å². The number of aromatic nitrogens is 1. The summed E-state index contributed by atoms with van der Waals surface area (Å²) in [5, 5.41) is 0. The van der Waals surface area contributed by atoms with Crippen LogP contribution in [0.1, 0.15) is 36.0 Å². The van der Waals surface area contributed by atoms with Crippen LogP contribution in [0.2, 0.25) is 0 Å². The molecule has 1 aliphatic rings. The normalized spacial score (nSPS) is 14.4. The van der Waals surface area contributed by atoms with Crippen molar-refractivity contribution in [3.05, 3.63) is 95.8 Å². The first-order chi connectivity index (χ1) is 15.3. The van der Waals surface area contributed by atoms with E-state index in [9.17, 15) is 4.79 Å². The Hall–Kier alpha value is -3.14. The van der Waals surface area contributed by atoms with Crippen LogP contribution in [-0.4, -0.2) is 28.9 Å². The van der Waals surface area contributed by atoms with Crippen molar-refractivity contribution in [2.24, 2.45) is 5.92 Å². The summed E-state index contributed by atoms with van der Waals surface area (Å²) in [7, 11) is 0. The first-order valence-corrected chi connectivity index (χ1v) is 11.2. The molecular weight excluding hydrogens is 384 g/mol. The standard InChI is InChI=1S/C27H30N2O2/c30-27(13-12-22-5-2-1-3-6-22)29-17-14-24(15-18-29)19-23-8-10-25(11-9-23)21-31-26-7-4-16-28-20-26/h1-11,16,20,24H,12-15,17-19,21H2. The van der Waals surface area contributed by atoms with E-state index in [1.165, 1.54) is 11.1 Å². The van der Waals surface area contributed by atoms with Crippen LogP contribution in [0, 0.1) is 5.92 Å². The lowest BCUT2D eigenvalue weighted by atomic mass is 9.89. The van der Waals surface area contributed by atoms with E-state index in [1.807, 2.05) is 30.3 Å². The molecule has 31 heavy (non-hydrogen) atoms. The molecule has 0 atom stereocenters. The van der Waals surface area contributed by atoms with Crippen LogP contribution in [-0.2, 0) is 24.2 Å². The van der Waals surface area contributed by atoms with Crippen molar-refractivity contribution in [3.8, 4) is 5.75 Å². The molecule has 2 heterocycles. The summed E-state index contributed by atoms with van der Waals surface area (Å²) in [5.74, 6) is 1.73. The number of benzene rings is 2. The quantitative estimate of drug-likeness (QED) is 0.517. The number of nitrogens with zero attached hydrogens (tertiary/aromatic N) is 2. The molecule has 2 aromatic carbocycles. The van der Waals surface area contributed by atoms with E-state index in [1.54, 1.807) is 12.4 Å². The van der Waals surface area contributed by atoms with E-state index in [4.69, 9.17) is 4.74 Å². The van der Waals surface area contributed by atoms with Gasteiger partial charge < -0.3 is 9.64 Å². The lowest BCUT2D eigenvalue weighted by molar-refractivity contribution is -0.132. The fourth-order valence-corrected chi connectivity index (χ4v) is 4.14. The van der Waals surface area contributed by atoms with Gasteiger partial charge in [0.1, 0.15) is 12.4 Å². The first-order valence-electron chi connectivity index (χ1n) is 11.2. The second-order valence-corrected chi connectivity index (χ2v) is 8.31. The summed E-state index contributed by atoms with van der Waals surface area (Å²) in [6, 6.07) is 22.8. The van der Waals surface area contributed by atoms with Crippen molar-refractivity contribution in [1.29, 1.82) is 0 Å². The SMILES string of the molecule is O=C(CCc1ccccc1)N1CCC(Cc2ccc(COc3cccnc3)cc2)CC1. The number of ether oxygens (including phenoxy) is 1. The average Bonchev–Trinajstić information content (AvgIpc) is 2.84. The van der Waals surface area contributed by atoms with Crippen LogP contribution >= 0.6 is 0 Å². The minimum absolute atomic E-state index is 0.292. The number of carbonyl (C=O) groups excluding carboxylic acids is 1. The summed E-state index contributed by atoms with van der Waals surface area (Å²) in [4.78, 5) is 18.7. The van der Waals surface area contributed by atoms with Gasteiger partial charge in [0.25, 0.3) is 0 Å². The van der Waals surface area contributed by atoms with Gasteiger partial charge in [-0.15, -0.1) is 0 Å². The van der Waals surface area contributed by atoms with Crippen LogP contribution in [0.15, 0.2) is 79.1 Å². The number of hydrogen-bond donors (Lipinski definition) is 0. The largest absolute Gasteiger partial charge is 0.487 e. The molecule has 1 aliphatic heterocycles. The molecule has 4 rings (SSSR count). The molecule has 4 nitrogen and oxygen atoms in total. The number of hydrogen-bond acceptors (Lipinski definition) is 3. The number of pyridine rings is 1. The molecule has 0 unspecified atom stereocenters. The Morgan fingerprint density at radius 1 is 0.903 bits per heavy atom. The van der Waals surface area contributed by atoms with Crippen molar-refractivity contribution >= 4 is 5.91 Å². The maximum atomic E-state index is 12.5. The van der Waals surface area contributed by atoms with E-state index >= 15 is 0 Å². The summed E-state index contributed by atoms with van der Waals surface area (Å²) in [5.41, 5.74) is 3.76. The predicted molar refractivity (Wildman–Crippen MR) is 123 cm³/mol. The van der Waals surface area contributed by atoms with Crippen molar-refractivity contribution < 1.29 is 9.53 Å². The summed E-state index contributed by atoms with van der Waals surface area (Å²) in [6.45, 7) is 2.32. The Morgan fingerprint density at radius 2 is 1.65 bits per heavy atom. The second-order valence-electron chi connectivity index (χ2n) is 8.31. The zero-order valence-electron chi connectivity index (χ0n) is 18.0. The topological polar surface area (TPSA) is 42.4 Å². The van der Waals surface area contributed by atoms with Gasteiger partial charge in [0, 0.05) is 25.7 Å². The Kier molecular flexibility index (Phi) is 7.32. The smallest absolute Gasteiger partial charge is 0.222 e. The Bertz CT molecular complexity index is 934. The average molecular weight is 415 g/mol. The lowest BCUT2D eigenvalue weighted by Crippen LogP contribution is -2.39. The molecule has 1 fully saturated rings. The van der Waals surface area contributed by atoms with Gasteiger partial charge >= 0.3 is 0 Å². The van der Waals surface area contributed by atoms with Gasteiger partial charge in [-0.05, 0) is 60.4 Å². The van der Waals surface area contributed by atoms with Crippen LogP contribution in [0.5, 0.6) is 5.75 Å². The Balaban J connectivity index is 1.18. The molecule has 0 radical (unpaired) electrons. The third-order valence-electron chi connectivity index (χ3n) is 6.02. The van der Waals surface area contributed by atoms with Gasteiger partial charge in [-0.1, -0.05) is 54.6 Å². The minimum Gasteiger partial charge on any atom is -0.487 e. The molecule has 1 aromatic heterocycles. The van der Waals surface area contributed by atoms with Crippen molar-refractivity contribution in [1.82, 2.24) is 9.88 Å². The number of carbonyl (C=O) groups is 1. The molecular formula is C27H30N2O2. The van der Waals surface area contributed by atoms with Gasteiger partial charge in [0.15, 0.2) is 0 Å². The molecule has 1 saturated heterocycles. The van der Waals surface area contributed by atoms with Crippen LogP contribution in [0.3, 0.4) is 0 Å². The third-order valence-corrected chi connectivity index (χ3v) is 6.02. The molecule has 0 aliphatic carbocycles. The fraction of sp³-hybridized carbons (Fsp3) is 0.333. The number of likely N-dealkylation sites (tertiary alicyclic amines) is 1. The van der Waals surface area contributed by atoms with Gasteiger partial charge in [0.2, 0.25) is 5.91 Å². The highest BCUT2D eigenvalue weighted by Gasteiger charge is 2.22. The molecule has 3 aromatic rings. The molecule has 1 amide bonds. The molecule has 160 valence electrons. The molecule has 0 bridgehead atoms. The van der Waals surface area contributed by atoms with E-state index in [0.29, 0.717) is 24.9 Å². The van der Waals surface area contributed by atoms with E-state index in [-0.39, 0.29) is 0 Å². The van der Waals surface area contributed by atoms with Gasteiger partial charge in [-0.25, -0.2) is 0 Å². The molecule has 0 N–H and O–H groups in total. The lowest BCUT2D eigenvalue weighted by Gasteiger charge is -2.32. The first kappa shape index (κ1) is 21.1. The van der Waals surface area contributed by atoms with Crippen LogP contribution in [0.4, 0.5) is 0 Å².